The third-order valence-corrected chi connectivity index (χ3v) is 3.41. The monoisotopic (exact) mass is 377 g/mol. The van der Waals surface area contributed by atoms with E-state index in [0.717, 1.165) is 26.2 Å². The van der Waals surface area contributed by atoms with Gasteiger partial charge in [0.15, 0.2) is 0 Å². The molecule has 0 spiro atoms. The zero-order chi connectivity index (χ0) is 15.4. The van der Waals surface area contributed by atoms with E-state index in [1.54, 1.807) is 0 Å². The van der Waals surface area contributed by atoms with Crippen LogP contribution in [-0.4, -0.2) is 63.7 Å². The molecule has 0 unspecified atom stereocenters. The fourth-order valence-electron chi connectivity index (χ4n) is 2.29. The second-order valence-corrected chi connectivity index (χ2v) is 4.99. The van der Waals surface area contributed by atoms with Crippen LogP contribution < -0.4 is 10.6 Å². The van der Waals surface area contributed by atoms with Gasteiger partial charge in [-0.1, -0.05) is 0 Å². The smallest absolute Gasteiger partial charge is 0.238 e. The van der Waals surface area contributed by atoms with E-state index in [1.165, 1.54) is 29.2 Å². The molecule has 24 heavy (non-hydrogen) atoms. The van der Waals surface area contributed by atoms with Crippen molar-refractivity contribution in [3.8, 4) is 5.69 Å². The summed E-state index contributed by atoms with van der Waals surface area (Å²) in [6.45, 7) is 3.57. The number of carbonyl (C=O) groups excluding carboxylic acids is 1. The summed E-state index contributed by atoms with van der Waals surface area (Å²) in [5.74, 6) is -0.736. The van der Waals surface area contributed by atoms with Crippen LogP contribution >= 0.6 is 24.8 Å². The average Bonchev–Trinajstić information content (AvgIpc) is 3.05. The van der Waals surface area contributed by atoms with E-state index in [4.69, 9.17) is 0 Å². The van der Waals surface area contributed by atoms with Gasteiger partial charge in [-0.25, -0.2) is 9.07 Å². The van der Waals surface area contributed by atoms with Gasteiger partial charge in [0.1, 0.15) is 12.1 Å². The predicted octanol–water partition coefficient (Wildman–Crippen LogP) is 0.489. The summed E-state index contributed by atoms with van der Waals surface area (Å²) < 4.78 is 15.2. The van der Waals surface area contributed by atoms with Gasteiger partial charge in [-0.05, 0) is 28.6 Å². The highest BCUT2D eigenvalue weighted by Crippen LogP contribution is 2.18. The highest BCUT2D eigenvalue weighted by Gasteiger charge is 2.15. The van der Waals surface area contributed by atoms with Crippen LogP contribution in [-0.2, 0) is 4.79 Å². The summed E-state index contributed by atoms with van der Waals surface area (Å²) in [5.41, 5.74) is 0.692. The zero-order valence-corrected chi connectivity index (χ0v) is 14.3. The second-order valence-electron chi connectivity index (χ2n) is 4.99. The topological polar surface area (TPSA) is 88.0 Å². The van der Waals surface area contributed by atoms with E-state index in [9.17, 15) is 9.18 Å². The molecule has 1 aromatic carbocycles. The Kier molecular flexibility index (Phi) is 7.99. The molecule has 0 bridgehead atoms. The Morgan fingerprint density at radius 1 is 1.29 bits per heavy atom. The summed E-state index contributed by atoms with van der Waals surface area (Å²) >= 11 is 0. The number of nitrogens with one attached hydrogen (secondary N) is 2. The summed E-state index contributed by atoms with van der Waals surface area (Å²) in [7, 11) is 0. The summed E-state index contributed by atoms with van der Waals surface area (Å²) in [6, 6.07) is 4.32. The van der Waals surface area contributed by atoms with E-state index < -0.39 is 5.82 Å². The van der Waals surface area contributed by atoms with Gasteiger partial charge in [0, 0.05) is 26.2 Å². The first-order valence-corrected chi connectivity index (χ1v) is 6.98. The van der Waals surface area contributed by atoms with Gasteiger partial charge in [0.05, 0.1) is 17.9 Å². The van der Waals surface area contributed by atoms with Crippen LogP contribution in [0.15, 0.2) is 24.5 Å². The van der Waals surface area contributed by atoms with Gasteiger partial charge in [0.2, 0.25) is 5.91 Å². The molecule has 1 fully saturated rings. The van der Waals surface area contributed by atoms with Crippen LogP contribution in [0.3, 0.4) is 0 Å². The Bertz CT molecular complexity index is 650. The van der Waals surface area contributed by atoms with Gasteiger partial charge < -0.3 is 10.6 Å². The number of hydrogen-bond acceptors (Lipinski definition) is 6. The number of halogens is 3. The Labute approximate surface area is 150 Å². The SMILES string of the molecule is Cl.Cl.O=C(CN1CCNCC1)Nc1cc(-n2cnnn2)ccc1F. The van der Waals surface area contributed by atoms with Crippen molar-refractivity contribution in [3.63, 3.8) is 0 Å². The van der Waals surface area contributed by atoms with Gasteiger partial charge in [0.25, 0.3) is 0 Å². The van der Waals surface area contributed by atoms with Crippen LogP contribution in [0.5, 0.6) is 0 Å². The van der Waals surface area contributed by atoms with E-state index in [0.29, 0.717) is 5.69 Å². The highest BCUT2D eigenvalue weighted by molar-refractivity contribution is 5.92. The number of hydrogen-bond donors (Lipinski definition) is 2. The number of piperazine rings is 1. The van der Waals surface area contributed by atoms with Gasteiger partial charge >= 0.3 is 0 Å². The Balaban J connectivity index is 0.00000144. The molecule has 2 aromatic rings. The standard InChI is InChI=1S/C13H16FN7O.2ClH/c14-11-2-1-10(21-9-16-18-19-21)7-12(11)17-13(22)8-20-5-3-15-4-6-20;;/h1-2,7,9,15H,3-6,8H2,(H,17,22);2*1H. The number of amides is 1. The number of aromatic nitrogens is 4. The lowest BCUT2D eigenvalue weighted by atomic mass is 10.2. The number of benzene rings is 1. The molecule has 11 heteroatoms. The molecular weight excluding hydrogens is 360 g/mol. The van der Waals surface area contributed by atoms with Crippen LogP contribution in [0.25, 0.3) is 5.69 Å². The lowest BCUT2D eigenvalue weighted by Crippen LogP contribution is -2.46. The Hall–Kier alpha value is -1.81. The maximum atomic E-state index is 13.9. The van der Waals surface area contributed by atoms with Crippen LogP contribution in [0, 0.1) is 5.82 Å². The average molecular weight is 378 g/mol. The molecule has 1 aliphatic rings. The molecule has 1 aromatic heterocycles. The molecule has 1 saturated heterocycles. The first kappa shape index (κ1) is 20.2. The molecule has 0 saturated carbocycles. The van der Waals surface area contributed by atoms with Crippen molar-refractivity contribution in [2.75, 3.05) is 38.0 Å². The van der Waals surface area contributed by atoms with E-state index >= 15 is 0 Å². The predicted molar refractivity (Wildman–Crippen MR) is 91.5 cm³/mol. The molecule has 1 amide bonds. The van der Waals surface area contributed by atoms with Crippen molar-refractivity contribution < 1.29 is 9.18 Å². The molecule has 1 aliphatic heterocycles. The van der Waals surface area contributed by atoms with E-state index in [-0.39, 0.29) is 43.0 Å². The van der Waals surface area contributed by atoms with Crippen LogP contribution in [0.4, 0.5) is 10.1 Å². The van der Waals surface area contributed by atoms with Crippen LogP contribution in [0.1, 0.15) is 0 Å². The summed E-state index contributed by atoms with van der Waals surface area (Å²) in [6.07, 6.45) is 1.40. The summed E-state index contributed by atoms with van der Waals surface area (Å²) in [5, 5.41) is 16.6. The van der Waals surface area contributed by atoms with Crippen molar-refractivity contribution in [2.45, 2.75) is 0 Å². The highest BCUT2D eigenvalue weighted by atomic mass is 35.5. The molecular formula is C13H18Cl2FN7O. The number of nitrogens with zero attached hydrogens (tertiary/aromatic N) is 5. The minimum absolute atomic E-state index is 0. The number of anilines is 1. The first-order valence-electron chi connectivity index (χ1n) is 6.98. The molecule has 3 rings (SSSR count). The molecule has 2 N–H and O–H groups in total. The fourth-order valence-corrected chi connectivity index (χ4v) is 2.29. The zero-order valence-electron chi connectivity index (χ0n) is 12.7. The van der Waals surface area contributed by atoms with E-state index in [1.807, 2.05) is 4.90 Å². The van der Waals surface area contributed by atoms with Crippen LogP contribution in [0.2, 0.25) is 0 Å². The normalized spacial score (nSPS) is 14.4. The number of carbonyl (C=O) groups is 1. The third kappa shape index (κ3) is 5.10. The minimum Gasteiger partial charge on any atom is -0.322 e. The van der Waals surface area contributed by atoms with Crippen molar-refractivity contribution in [1.29, 1.82) is 0 Å². The number of rotatable bonds is 4. The first-order chi connectivity index (χ1) is 10.7. The van der Waals surface area contributed by atoms with Crippen molar-refractivity contribution in [3.05, 3.63) is 30.3 Å². The van der Waals surface area contributed by atoms with E-state index in [2.05, 4.69) is 26.2 Å². The second kappa shape index (κ2) is 9.48. The maximum Gasteiger partial charge on any atom is 0.238 e. The van der Waals surface area contributed by atoms with Crippen molar-refractivity contribution in [2.24, 2.45) is 0 Å². The molecule has 2 heterocycles. The van der Waals surface area contributed by atoms with Crippen molar-refractivity contribution >= 4 is 36.4 Å². The lowest BCUT2D eigenvalue weighted by molar-refractivity contribution is -0.117. The molecule has 132 valence electrons. The van der Waals surface area contributed by atoms with Gasteiger partial charge in [-0.2, -0.15) is 0 Å². The number of tetrazole rings is 1. The largest absolute Gasteiger partial charge is 0.322 e. The van der Waals surface area contributed by atoms with Gasteiger partial charge in [-0.15, -0.1) is 29.9 Å². The fraction of sp³-hybridized carbons (Fsp3) is 0.385. The lowest BCUT2D eigenvalue weighted by Gasteiger charge is -2.26. The Morgan fingerprint density at radius 3 is 2.71 bits per heavy atom. The molecule has 0 radical (unpaired) electrons. The maximum absolute atomic E-state index is 13.9. The minimum atomic E-state index is -0.495. The summed E-state index contributed by atoms with van der Waals surface area (Å²) in [4.78, 5) is 14.1. The van der Waals surface area contributed by atoms with Gasteiger partial charge in [-0.3, -0.25) is 9.69 Å². The molecule has 8 nitrogen and oxygen atoms in total. The molecule has 0 aliphatic carbocycles. The third-order valence-electron chi connectivity index (χ3n) is 3.41. The Morgan fingerprint density at radius 2 is 2.04 bits per heavy atom. The van der Waals surface area contributed by atoms with Crippen molar-refractivity contribution in [1.82, 2.24) is 30.4 Å². The molecule has 0 atom stereocenters. The quantitative estimate of drug-likeness (QED) is 0.805.